The molecule has 17 heteroatoms. The van der Waals surface area contributed by atoms with Gasteiger partial charge in [-0.1, -0.05) is 0 Å². The van der Waals surface area contributed by atoms with E-state index in [4.69, 9.17) is 42.3 Å². The van der Waals surface area contributed by atoms with Crippen LogP contribution < -0.4 is 5.73 Å². The van der Waals surface area contributed by atoms with Crippen molar-refractivity contribution in [1.82, 2.24) is 9.55 Å². The normalized spacial score (nSPS) is 27.0. The Morgan fingerprint density at radius 3 is 2.46 bits per heavy atom. The van der Waals surface area contributed by atoms with Gasteiger partial charge in [0.2, 0.25) is 4.77 Å². The minimum absolute atomic E-state index is 0.254. The molecule has 0 bridgehead atoms. The maximum absolute atomic E-state index is 11.1. The SMILES string of the molecule is Nc1nc(=S)n(C2OC(COP(=O)(O)O)C(OP(=O)(O)O)C2O)cc1O. The maximum Gasteiger partial charge on any atom is 0.470 e. The molecule has 8 N–H and O–H groups in total. The van der Waals surface area contributed by atoms with E-state index in [0.717, 1.165) is 10.8 Å². The number of anilines is 1. The molecule has 0 aromatic carbocycles. The number of aromatic nitrogens is 2. The molecule has 2 rings (SSSR count). The number of aromatic hydroxyl groups is 1. The van der Waals surface area contributed by atoms with Crippen LogP contribution in [0.25, 0.3) is 0 Å². The maximum atomic E-state index is 11.1. The molecule has 1 aliphatic rings. The number of rotatable bonds is 6. The predicted molar refractivity (Wildman–Crippen MR) is 84.0 cm³/mol. The van der Waals surface area contributed by atoms with Gasteiger partial charge in [-0.3, -0.25) is 13.6 Å². The summed E-state index contributed by atoms with van der Waals surface area (Å²) in [5.41, 5.74) is 5.38. The van der Waals surface area contributed by atoms with Gasteiger partial charge in [0.15, 0.2) is 17.8 Å². The van der Waals surface area contributed by atoms with Crippen molar-refractivity contribution in [3.63, 3.8) is 0 Å². The van der Waals surface area contributed by atoms with Crippen molar-refractivity contribution >= 4 is 33.7 Å². The number of aliphatic hydroxyl groups is 1. The van der Waals surface area contributed by atoms with Crippen molar-refractivity contribution < 1.29 is 52.7 Å². The van der Waals surface area contributed by atoms with E-state index in [9.17, 15) is 19.3 Å². The smallest absolute Gasteiger partial charge is 0.470 e. The number of phosphoric ester groups is 2. The summed E-state index contributed by atoms with van der Waals surface area (Å²) in [5.74, 6) is -0.820. The van der Waals surface area contributed by atoms with E-state index in [0.29, 0.717) is 0 Å². The lowest BCUT2D eigenvalue weighted by Gasteiger charge is -2.21. The summed E-state index contributed by atoms with van der Waals surface area (Å²) >= 11 is 4.92. The van der Waals surface area contributed by atoms with Crippen molar-refractivity contribution in [3.8, 4) is 5.75 Å². The van der Waals surface area contributed by atoms with Gasteiger partial charge < -0.3 is 40.3 Å². The second kappa shape index (κ2) is 7.58. The van der Waals surface area contributed by atoms with E-state index in [1.807, 2.05) is 0 Å². The zero-order valence-corrected chi connectivity index (χ0v) is 15.2. The lowest BCUT2D eigenvalue weighted by molar-refractivity contribution is -0.0534. The highest BCUT2D eigenvalue weighted by Gasteiger charge is 2.49. The highest BCUT2D eigenvalue weighted by Crippen LogP contribution is 2.45. The summed E-state index contributed by atoms with van der Waals surface area (Å²) in [6.45, 7) is -0.871. The Morgan fingerprint density at radius 2 is 1.92 bits per heavy atom. The zero-order chi connectivity index (χ0) is 19.9. The first-order valence-corrected chi connectivity index (χ1v) is 10.1. The van der Waals surface area contributed by atoms with Crippen LogP contribution in [0.15, 0.2) is 6.20 Å². The molecule has 0 saturated carbocycles. The molecule has 1 aliphatic heterocycles. The van der Waals surface area contributed by atoms with Gasteiger partial charge in [0.05, 0.1) is 12.8 Å². The lowest BCUT2D eigenvalue weighted by Crippen LogP contribution is -2.36. The summed E-state index contributed by atoms with van der Waals surface area (Å²) in [4.78, 5) is 39.1. The number of nitrogens with two attached hydrogens (primary N) is 1. The average Bonchev–Trinajstić information content (AvgIpc) is 2.75. The quantitative estimate of drug-likeness (QED) is 0.205. The Labute approximate surface area is 150 Å². The Bertz CT molecular complexity index is 822. The molecule has 26 heavy (non-hydrogen) atoms. The Hall–Kier alpha value is -0.960. The van der Waals surface area contributed by atoms with Crippen LogP contribution in [-0.2, 0) is 22.9 Å². The molecule has 1 saturated heterocycles. The van der Waals surface area contributed by atoms with E-state index < -0.39 is 52.5 Å². The number of hydrogen-bond donors (Lipinski definition) is 7. The fourth-order valence-electron chi connectivity index (χ4n) is 2.20. The summed E-state index contributed by atoms with van der Waals surface area (Å²) in [7, 11) is -10.0. The van der Waals surface area contributed by atoms with Gasteiger partial charge in [-0.05, 0) is 12.2 Å². The van der Waals surface area contributed by atoms with Gasteiger partial charge >= 0.3 is 15.6 Å². The van der Waals surface area contributed by atoms with E-state index in [1.54, 1.807) is 0 Å². The van der Waals surface area contributed by atoms with E-state index in [-0.39, 0.29) is 10.6 Å². The highest BCUT2D eigenvalue weighted by molar-refractivity contribution is 7.71. The monoisotopic (exact) mass is 435 g/mol. The van der Waals surface area contributed by atoms with Crippen molar-refractivity contribution in [2.45, 2.75) is 24.5 Å². The second-order valence-corrected chi connectivity index (χ2v) is 7.90. The topological polar surface area (TPSA) is 227 Å². The van der Waals surface area contributed by atoms with Crippen LogP contribution in [0.2, 0.25) is 0 Å². The minimum atomic E-state index is -5.11. The molecule has 4 unspecified atom stereocenters. The van der Waals surface area contributed by atoms with Gasteiger partial charge in [0.25, 0.3) is 0 Å². The van der Waals surface area contributed by atoms with Crippen molar-refractivity contribution in [2.75, 3.05) is 12.3 Å². The third-order valence-electron chi connectivity index (χ3n) is 3.21. The van der Waals surface area contributed by atoms with Gasteiger partial charge in [0, 0.05) is 0 Å². The molecule has 0 spiro atoms. The molecule has 1 aromatic rings. The van der Waals surface area contributed by atoms with E-state index >= 15 is 0 Å². The first-order valence-electron chi connectivity index (χ1n) is 6.63. The van der Waals surface area contributed by atoms with Gasteiger partial charge in [-0.25, -0.2) is 9.13 Å². The van der Waals surface area contributed by atoms with Gasteiger partial charge in [-0.15, -0.1) is 0 Å². The molecule has 4 atom stereocenters. The standard InChI is InChI=1S/C9H15N3O11P2S/c10-7-3(13)1-12(9(26)11-7)8-5(14)6(23-25(18,19)20)4(22-8)2-21-24(15,16)17/h1,4-6,8,13-14H,2H2,(H2,10,11,26)(H2,15,16,17)(H2,18,19,20). The van der Waals surface area contributed by atoms with Crippen molar-refractivity contribution in [3.05, 3.63) is 11.0 Å². The molecule has 1 fully saturated rings. The number of nitrogens with zero attached hydrogens (tertiary/aromatic N) is 2. The van der Waals surface area contributed by atoms with Crippen LogP contribution in [-0.4, -0.2) is 64.3 Å². The summed E-state index contributed by atoms with van der Waals surface area (Å²) in [6.07, 6.45) is -5.53. The largest absolute Gasteiger partial charge is 0.503 e. The van der Waals surface area contributed by atoms with Gasteiger partial charge in [-0.2, -0.15) is 4.98 Å². The first-order chi connectivity index (χ1) is 11.8. The predicted octanol–water partition coefficient (Wildman–Crippen LogP) is -1.25. The summed E-state index contributed by atoms with van der Waals surface area (Å²) in [5, 5.41) is 19.9. The molecule has 0 amide bonds. The molecule has 0 aliphatic carbocycles. The minimum Gasteiger partial charge on any atom is -0.503 e. The van der Waals surface area contributed by atoms with Crippen LogP contribution in [0.4, 0.5) is 5.82 Å². The molecular formula is C9H15N3O11P2S. The molecular weight excluding hydrogens is 420 g/mol. The van der Waals surface area contributed by atoms with Gasteiger partial charge in [0.1, 0.15) is 18.3 Å². The molecule has 14 nitrogen and oxygen atoms in total. The van der Waals surface area contributed by atoms with Crippen molar-refractivity contribution in [1.29, 1.82) is 0 Å². The highest BCUT2D eigenvalue weighted by atomic mass is 32.1. The zero-order valence-electron chi connectivity index (χ0n) is 12.6. The second-order valence-electron chi connectivity index (χ2n) is 5.10. The third-order valence-corrected chi connectivity index (χ3v) is 4.52. The number of ether oxygens (including phenoxy) is 1. The van der Waals surface area contributed by atoms with Crippen LogP contribution in [0.3, 0.4) is 0 Å². The molecule has 1 aromatic heterocycles. The number of phosphoric acid groups is 2. The number of nitrogen functional groups attached to an aromatic ring is 1. The summed E-state index contributed by atoms with van der Waals surface area (Å²) in [6, 6.07) is 0. The Kier molecular flexibility index (Phi) is 6.22. The van der Waals surface area contributed by atoms with Crippen LogP contribution in [0, 0.1) is 4.77 Å². The average molecular weight is 435 g/mol. The Balaban J connectivity index is 2.35. The number of hydrogen-bond acceptors (Lipinski definition) is 10. The van der Waals surface area contributed by atoms with E-state index in [2.05, 4.69) is 14.0 Å². The fourth-order valence-corrected chi connectivity index (χ4v) is 3.37. The first kappa shape index (κ1) is 21.3. The van der Waals surface area contributed by atoms with Crippen LogP contribution in [0.5, 0.6) is 5.75 Å². The molecule has 148 valence electrons. The Morgan fingerprint density at radius 1 is 1.31 bits per heavy atom. The van der Waals surface area contributed by atoms with Crippen LogP contribution in [0.1, 0.15) is 6.23 Å². The third kappa shape index (κ3) is 5.28. The van der Waals surface area contributed by atoms with E-state index in [1.165, 1.54) is 0 Å². The number of aliphatic hydroxyl groups excluding tert-OH is 1. The summed E-state index contributed by atoms with van der Waals surface area (Å²) < 4.78 is 36.6. The fraction of sp³-hybridized carbons (Fsp3) is 0.556. The van der Waals surface area contributed by atoms with Crippen LogP contribution >= 0.6 is 27.9 Å². The lowest BCUT2D eigenvalue weighted by atomic mass is 10.1. The molecule has 0 radical (unpaired) electrons. The van der Waals surface area contributed by atoms with Crippen molar-refractivity contribution in [2.24, 2.45) is 0 Å². The molecule has 2 heterocycles.